The molecule has 0 saturated carbocycles. The molecule has 0 unspecified atom stereocenters. The van der Waals surface area contributed by atoms with Gasteiger partial charge in [0.05, 0.1) is 14.2 Å². The minimum Gasteiger partial charge on any atom is -0.493 e. The van der Waals surface area contributed by atoms with E-state index in [9.17, 15) is 19.8 Å². The summed E-state index contributed by atoms with van der Waals surface area (Å²) in [4.78, 5) is 23.2. The Labute approximate surface area is 130 Å². The average molecular weight is 324 g/mol. The first-order chi connectivity index (χ1) is 10.3. The number of rotatable bonds is 6. The summed E-state index contributed by atoms with van der Waals surface area (Å²) in [5.74, 6) is -1.57. The van der Waals surface area contributed by atoms with Crippen LogP contribution in [0.15, 0.2) is 18.2 Å². The van der Waals surface area contributed by atoms with E-state index in [0.717, 1.165) is 10.1 Å². The van der Waals surface area contributed by atoms with Crippen molar-refractivity contribution in [3.8, 4) is 11.5 Å². The van der Waals surface area contributed by atoms with E-state index < -0.39 is 17.4 Å². The lowest BCUT2D eigenvalue weighted by molar-refractivity contribution is -0.163. The maximum absolute atomic E-state index is 11.3. The number of carbonyl (C=O) groups is 2. The van der Waals surface area contributed by atoms with Gasteiger partial charge in [-0.05, 0) is 24.4 Å². The molecule has 22 heavy (non-hydrogen) atoms. The molecule has 0 radical (unpaired) electrons. The molecule has 0 aliphatic carbocycles. The third-order valence-electron chi connectivity index (χ3n) is 3.55. The van der Waals surface area contributed by atoms with Crippen molar-refractivity contribution in [2.45, 2.75) is 13.3 Å². The second-order valence-corrected chi connectivity index (χ2v) is 6.25. The lowest BCUT2D eigenvalue weighted by Gasteiger charge is -2.18. The van der Waals surface area contributed by atoms with Crippen molar-refractivity contribution in [3.63, 3.8) is 0 Å². The standard InChI is InChI=1S/C15H16O6S/c1-15(13(16)17,14(18)19)7-9-4-8-5-10(20-2)11(21-3)6-12(8)22-9/h4-6H,7H2,1-3H3,(H,16,17)(H,18,19). The van der Waals surface area contributed by atoms with Crippen LogP contribution in [0.4, 0.5) is 0 Å². The van der Waals surface area contributed by atoms with E-state index in [1.54, 1.807) is 18.2 Å². The van der Waals surface area contributed by atoms with Gasteiger partial charge in [-0.25, -0.2) is 0 Å². The number of aliphatic carboxylic acids is 2. The molecule has 7 heteroatoms. The smallest absolute Gasteiger partial charge is 0.321 e. The van der Waals surface area contributed by atoms with E-state index in [1.165, 1.54) is 32.5 Å². The van der Waals surface area contributed by atoms with Crippen LogP contribution in [0, 0.1) is 5.41 Å². The van der Waals surface area contributed by atoms with Gasteiger partial charge in [0.15, 0.2) is 16.9 Å². The summed E-state index contributed by atoms with van der Waals surface area (Å²) in [5.41, 5.74) is -1.85. The van der Waals surface area contributed by atoms with Gasteiger partial charge in [0, 0.05) is 22.1 Å². The Morgan fingerprint density at radius 3 is 2.14 bits per heavy atom. The molecule has 2 rings (SSSR count). The maximum Gasteiger partial charge on any atom is 0.321 e. The zero-order chi connectivity index (χ0) is 16.5. The molecule has 1 aromatic carbocycles. The van der Waals surface area contributed by atoms with E-state index in [0.29, 0.717) is 16.4 Å². The van der Waals surface area contributed by atoms with Gasteiger partial charge in [0.1, 0.15) is 0 Å². The molecule has 1 heterocycles. The lowest BCUT2D eigenvalue weighted by atomic mass is 9.86. The van der Waals surface area contributed by atoms with E-state index in [1.807, 2.05) is 0 Å². The summed E-state index contributed by atoms with van der Waals surface area (Å²) in [6.45, 7) is 1.21. The quantitative estimate of drug-likeness (QED) is 0.794. The second-order valence-electron chi connectivity index (χ2n) is 5.08. The maximum atomic E-state index is 11.3. The summed E-state index contributed by atoms with van der Waals surface area (Å²) < 4.78 is 11.3. The molecule has 0 aliphatic rings. The van der Waals surface area contributed by atoms with Gasteiger partial charge in [0.25, 0.3) is 0 Å². The van der Waals surface area contributed by atoms with Crippen LogP contribution >= 0.6 is 11.3 Å². The van der Waals surface area contributed by atoms with Crippen molar-refractivity contribution >= 4 is 33.4 Å². The van der Waals surface area contributed by atoms with Crippen LogP contribution in [0.3, 0.4) is 0 Å². The number of carboxylic acid groups (broad SMARTS) is 2. The molecule has 0 aliphatic heterocycles. The fourth-order valence-electron chi connectivity index (χ4n) is 2.10. The SMILES string of the molecule is COc1cc2cc(CC(C)(C(=O)O)C(=O)O)sc2cc1OC. The predicted molar refractivity (Wildman–Crippen MR) is 82.0 cm³/mol. The highest BCUT2D eigenvalue weighted by Gasteiger charge is 2.42. The summed E-state index contributed by atoms with van der Waals surface area (Å²) in [6.07, 6.45) is -0.0817. The number of methoxy groups -OCH3 is 2. The Kier molecular flexibility index (Phi) is 4.27. The Bertz CT molecular complexity index is 678. The Morgan fingerprint density at radius 2 is 1.64 bits per heavy atom. The highest BCUT2D eigenvalue weighted by atomic mass is 32.1. The van der Waals surface area contributed by atoms with E-state index >= 15 is 0 Å². The molecule has 0 atom stereocenters. The number of fused-ring (bicyclic) bond motifs is 1. The van der Waals surface area contributed by atoms with Crippen molar-refractivity contribution in [1.29, 1.82) is 0 Å². The Hall–Kier alpha value is -2.28. The minimum absolute atomic E-state index is 0.0817. The minimum atomic E-state index is -1.85. The molecule has 118 valence electrons. The molecule has 0 bridgehead atoms. The summed E-state index contributed by atoms with van der Waals surface area (Å²) in [7, 11) is 3.06. The number of hydrogen-bond acceptors (Lipinski definition) is 5. The summed E-state index contributed by atoms with van der Waals surface area (Å²) in [5, 5.41) is 19.2. The fourth-order valence-corrected chi connectivity index (χ4v) is 3.33. The van der Waals surface area contributed by atoms with Crippen LogP contribution in [-0.2, 0) is 16.0 Å². The monoisotopic (exact) mass is 324 g/mol. The number of benzene rings is 1. The van der Waals surface area contributed by atoms with E-state index in [-0.39, 0.29) is 6.42 Å². The molecule has 1 aromatic heterocycles. The van der Waals surface area contributed by atoms with Crippen LogP contribution in [0.2, 0.25) is 0 Å². The van der Waals surface area contributed by atoms with Crippen LogP contribution in [-0.4, -0.2) is 36.4 Å². The number of hydrogen-bond donors (Lipinski definition) is 2. The van der Waals surface area contributed by atoms with Gasteiger partial charge >= 0.3 is 11.9 Å². The first-order valence-corrected chi connectivity index (χ1v) is 7.24. The summed E-state index contributed by atoms with van der Waals surface area (Å²) >= 11 is 1.35. The molecule has 0 fully saturated rings. The van der Waals surface area contributed by atoms with Crippen molar-refractivity contribution < 1.29 is 29.3 Å². The van der Waals surface area contributed by atoms with Gasteiger partial charge in [-0.3, -0.25) is 9.59 Å². The largest absolute Gasteiger partial charge is 0.493 e. The fraction of sp³-hybridized carbons (Fsp3) is 0.333. The van der Waals surface area contributed by atoms with Gasteiger partial charge in [-0.1, -0.05) is 0 Å². The Morgan fingerprint density at radius 1 is 1.09 bits per heavy atom. The van der Waals surface area contributed by atoms with Gasteiger partial charge in [-0.15, -0.1) is 11.3 Å². The molecule has 0 spiro atoms. The van der Waals surface area contributed by atoms with Gasteiger partial charge in [-0.2, -0.15) is 0 Å². The van der Waals surface area contributed by atoms with Gasteiger partial charge < -0.3 is 19.7 Å². The average Bonchev–Trinajstić information content (AvgIpc) is 2.85. The normalized spacial score (nSPS) is 11.4. The van der Waals surface area contributed by atoms with Crippen molar-refractivity contribution in [2.75, 3.05) is 14.2 Å². The van der Waals surface area contributed by atoms with Crippen molar-refractivity contribution in [2.24, 2.45) is 5.41 Å². The lowest BCUT2D eigenvalue weighted by Crippen LogP contribution is -2.38. The van der Waals surface area contributed by atoms with Crippen LogP contribution < -0.4 is 9.47 Å². The molecule has 2 aromatic rings. The molecular weight excluding hydrogens is 308 g/mol. The molecule has 0 saturated heterocycles. The van der Waals surface area contributed by atoms with Crippen LogP contribution in [0.1, 0.15) is 11.8 Å². The predicted octanol–water partition coefficient (Wildman–Crippen LogP) is 2.64. The third kappa shape index (κ3) is 2.71. The molecule has 0 amide bonds. The molecule has 6 nitrogen and oxygen atoms in total. The van der Waals surface area contributed by atoms with Crippen LogP contribution in [0.5, 0.6) is 11.5 Å². The van der Waals surface area contributed by atoms with E-state index in [4.69, 9.17) is 9.47 Å². The Balaban J connectivity index is 2.45. The van der Waals surface area contributed by atoms with Crippen LogP contribution in [0.25, 0.3) is 10.1 Å². The molecular formula is C15H16O6S. The zero-order valence-electron chi connectivity index (χ0n) is 12.4. The highest BCUT2D eigenvalue weighted by molar-refractivity contribution is 7.19. The topological polar surface area (TPSA) is 93.1 Å². The van der Waals surface area contributed by atoms with Crippen molar-refractivity contribution in [3.05, 3.63) is 23.1 Å². The first kappa shape index (κ1) is 16.1. The van der Waals surface area contributed by atoms with E-state index in [2.05, 4.69) is 0 Å². The molecule has 2 N–H and O–H groups in total. The van der Waals surface area contributed by atoms with Crippen molar-refractivity contribution in [1.82, 2.24) is 0 Å². The summed E-state index contributed by atoms with van der Waals surface area (Å²) in [6, 6.07) is 5.36. The third-order valence-corrected chi connectivity index (χ3v) is 4.64. The number of thiophene rings is 1. The number of carboxylic acids is 2. The second kappa shape index (κ2) is 5.84. The number of ether oxygens (including phenoxy) is 2. The van der Waals surface area contributed by atoms with Gasteiger partial charge in [0.2, 0.25) is 0 Å². The first-order valence-electron chi connectivity index (χ1n) is 6.43. The highest BCUT2D eigenvalue weighted by Crippen LogP contribution is 2.38. The zero-order valence-corrected chi connectivity index (χ0v) is 13.2.